The molecule has 0 N–H and O–H groups in total. The maximum absolute atomic E-state index is 12.9. The van der Waals surface area contributed by atoms with Gasteiger partial charge in [-0.1, -0.05) is 0 Å². The molecular weight excluding hydrogens is 200 g/mol. The zero-order chi connectivity index (χ0) is 10.9. The summed E-state index contributed by atoms with van der Waals surface area (Å²) in [5.41, 5.74) is 0.479. The average molecular weight is 211 g/mol. The van der Waals surface area contributed by atoms with Gasteiger partial charge in [-0.05, 0) is 12.8 Å². The van der Waals surface area contributed by atoms with Crippen LogP contribution in [-0.4, -0.2) is 15.7 Å². The van der Waals surface area contributed by atoms with Crippen molar-refractivity contribution in [2.75, 3.05) is 0 Å². The standard InChI is InChI=1S/C10H11F2N3/c11-10(12)3-1-9(2-4-10)15-7-8(5-13)6-14-15/h6-7,9H,1-4H2. The van der Waals surface area contributed by atoms with Crippen LogP contribution in [0.5, 0.6) is 0 Å². The van der Waals surface area contributed by atoms with E-state index in [4.69, 9.17) is 5.26 Å². The zero-order valence-electron chi connectivity index (χ0n) is 8.16. The van der Waals surface area contributed by atoms with Crippen molar-refractivity contribution in [1.29, 1.82) is 5.26 Å². The molecule has 2 rings (SSSR count). The predicted octanol–water partition coefficient (Wildman–Crippen LogP) is 2.51. The minimum atomic E-state index is -2.51. The average Bonchev–Trinajstić information content (AvgIpc) is 2.66. The fourth-order valence-corrected chi connectivity index (χ4v) is 1.88. The summed E-state index contributed by atoms with van der Waals surface area (Å²) in [6.07, 6.45) is 3.78. The van der Waals surface area contributed by atoms with Crippen molar-refractivity contribution in [2.24, 2.45) is 0 Å². The van der Waals surface area contributed by atoms with Crippen molar-refractivity contribution in [3.8, 4) is 6.07 Å². The first-order valence-corrected chi connectivity index (χ1v) is 4.93. The summed E-state index contributed by atoms with van der Waals surface area (Å²) in [4.78, 5) is 0. The van der Waals surface area contributed by atoms with E-state index < -0.39 is 5.92 Å². The van der Waals surface area contributed by atoms with Crippen LogP contribution >= 0.6 is 0 Å². The van der Waals surface area contributed by atoms with Crippen LogP contribution < -0.4 is 0 Å². The highest BCUT2D eigenvalue weighted by molar-refractivity contribution is 5.21. The summed E-state index contributed by atoms with van der Waals surface area (Å²) in [6, 6.07) is 1.99. The highest BCUT2D eigenvalue weighted by Gasteiger charge is 2.35. The van der Waals surface area contributed by atoms with E-state index in [1.165, 1.54) is 6.20 Å². The highest BCUT2D eigenvalue weighted by Crippen LogP contribution is 2.38. The molecule has 0 radical (unpaired) electrons. The third-order valence-corrected chi connectivity index (χ3v) is 2.79. The summed E-state index contributed by atoms with van der Waals surface area (Å²) in [5.74, 6) is -2.51. The van der Waals surface area contributed by atoms with Crippen LogP contribution in [0.4, 0.5) is 8.78 Å². The Kier molecular flexibility index (Phi) is 2.43. The Morgan fingerprint density at radius 3 is 2.67 bits per heavy atom. The third-order valence-electron chi connectivity index (χ3n) is 2.79. The number of nitriles is 1. The molecule has 0 bridgehead atoms. The number of aromatic nitrogens is 2. The van der Waals surface area contributed by atoms with Gasteiger partial charge in [0.2, 0.25) is 5.92 Å². The summed E-state index contributed by atoms with van der Waals surface area (Å²) in [6.45, 7) is 0. The van der Waals surface area contributed by atoms with E-state index in [1.807, 2.05) is 6.07 Å². The molecule has 0 saturated heterocycles. The molecule has 1 saturated carbocycles. The molecule has 0 amide bonds. The number of alkyl halides is 2. The van der Waals surface area contributed by atoms with Gasteiger partial charge in [0.05, 0.1) is 17.8 Å². The Hall–Kier alpha value is -1.44. The molecule has 5 heteroatoms. The van der Waals surface area contributed by atoms with E-state index in [0.717, 1.165) is 0 Å². The van der Waals surface area contributed by atoms with Crippen molar-refractivity contribution in [1.82, 2.24) is 9.78 Å². The Balaban J connectivity index is 2.05. The van der Waals surface area contributed by atoms with Gasteiger partial charge in [0, 0.05) is 19.0 Å². The van der Waals surface area contributed by atoms with Gasteiger partial charge >= 0.3 is 0 Å². The number of nitrogens with zero attached hydrogens (tertiary/aromatic N) is 3. The Morgan fingerprint density at radius 2 is 2.13 bits per heavy atom. The summed E-state index contributed by atoms with van der Waals surface area (Å²) in [7, 11) is 0. The molecule has 80 valence electrons. The second-order valence-corrected chi connectivity index (χ2v) is 3.91. The van der Waals surface area contributed by atoms with Gasteiger partial charge < -0.3 is 0 Å². The van der Waals surface area contributed by atoms with Crippen molar-refractivity contribution in [2.45, 2.75) is 37.6 Å². The van der Waals surface area contributed by atoms with E-state index in [2.05, 4.69) is 5.10 Å². The molecule has 0 spiro atoms. The van der Waals surface area contributed by atoms with Crippen LogP contribution in [0.2, 0.25) is 0 Å². The molecule has 1 fully saturated rings. The first-order chi connectivity index (χ1) is 7.11. The molecule has 0 unspecified atom stereocenters. The first kappa shape index (κ1) is 10.1. The van der Waals surface area contributed by atoms with Crippen LogP contribution in [-0.2, 0) is 0 Å². The number of halogens is 2. The minimum absolute atomic E-state index is 0.0201. The molecule has 3 nitrogen and oxygen atoms in total. The lowest BCUT2D eigenvalue weighted by Gasteiger charge is -2.28. The summed E-state index contributed by atoms with van der Waals surface area (Å²) < 4.78 is 27.4. The van der Waals surface area contributed by atoms with Gasteiger partial charge in [-0.2, -0.15) is 10.4 Å². The molecule has 1 aromatic rings. The SMILES string of the molecule is N#Cc1cnn(C2CCC(F)(F)CC2)c1. The fourth-order valence-electron chi connectivity index (χ4n) is 1.88. The number of hydrogen-bond donors (Lipinski definition) is 0. The zero-order valence-corrected chi connectivity index (χ0v) is 8.16. The van der Waals surface area contributed by atoms with E-state index in [0.29, 0.717) is 18.4 Å². The quantitative estimate of drug-likeness (QED) is 0.716. The molecule has 1 aliphatic rings. The van der Waals surface area contributed by atoms with Crippen LogP contribution in [0.1, 0.15) is 37.3 Å². The maximum atomic E-state index is 12.9. The Bertz CT molecular complexity index is 382. The lowest BCUT2D eigenvalue weighted by atomic mass is 9.92. The molecular formula is C10H11F2N3. The fraction of sp³-hybridized carbons (Fsp3) is 0.600. The van der Waals surface area contributed by atoms with Crippen molar-refractivity contribution in [3.63, 3.8) is 0 Å². The molecule has 0 atom stereocenters. The van der Waals surface area contributed by atoms with E-state index >= 15 is 0 Å². The van der Waals surface area contributed by atoms with Crippen LogP contribution in [0.25, 0.3) is 0 Å². The van der Waals surface area contributed by atoms with Crippen molar-refractivity contribution >= 4 is 0 Å². The monoisotopic (exact) mass is 211 g/mol. The lowest BCUT2D eigenvalue weighted by Crippen LogP contribution is -2.26. The maximum Gasteiger partial charge on any atom is 0.248 e. The topological polar surface area (TPSA) is 41.6 Å². The van der Waals surface area contributed by atoms with E-state index in [1.54, 1.807) is 10.9 Å². The third kappa shape index (κ3) is 2.14. The van der Waals surface area contributed by atoms with Crippen LogP contribution in [0, 0.1) is 11.3 Å². The van der Waals surface area contributed by atoms with E-state index in [-0.39, 0.29) is 18.9 Å². The second-order valence-electron chi connectivity index (χ2n) is 3.91. The number of rotatable bonds is 1. The van der Waals surface area contributed by atoms with Gasteiger partial charge in [0.15, 0.2) is 0 Å². The van der Waals surface area contributed by atoms with Crippen molar-refractivity contribution in [3.05, 3.63) is 18.0 Å². The molecule has 0 aromatic carbocycles. The number of hydrogen-bond acceptors (Lipinski definition) is 2. The minimum Gasteiger partial charge on any atom is -0.268 e. The lowest BCUT2D eigenvalue weighted by molar-refractivity contribution is -0.0449. The molecule has 0 aliphatic heterocycles. The molecule has 15 heavy (non-hydrogen) atoms. The molecule has 1 aromatic heterocycles. The predicted molar refractivity (Wildman–Crippen MR) is 49.4 cm³/mol. The molecule has 1 aliphatic carbocycles. The smallest absolute Gasteiger partial charge is 0.248 e. The largest absolute Gasteiger partial charge is 0.268 e. The summed E-state index contributed by atoms with van der Waals surface area (Å²) >= 11 is 0. The summed E-state index contributed by atoms with van der Waals surface area (Å²) in [5, 5.41) is 12.6. The first-order valence-electron chi connectivity index (χ1n) is 4.93. The van der Waals surface area contributed by atoms with Gasteiger partial charge in [0.1, 0.15) is 6.07 Å². The van der Waals surface area contributed by atoms with Gasteiger partial charge in [-0.25, -0.2) is 8.78 Å². The molecule has 1 heterocycles. The van der Waals surface area contributed by atoms with Crippen LogP contribution in [0.3, 0.4) is 0 Å². The Labute approximate surface area is 86.3 Å². The normalized spacial score (nSPS) is 21.1. The highest BCUT2D eigenvalue weighted by atomic mass is 19.3. The van der Waals surface area contributed by atoms with Gasteiger partial charge in [0.25, 0.3) is 0 Å². The van der Waals surface area contributed by atoms with E-state index in [9.17, 15) is 8.78 Å². The second kappa shape index (κ2) is 3.61. The Morgan fingerprint density at radius 1 is 1.47 bits per heavy atom. The van der Waals surface area contributed by atoms with Crippen molar-refractivity contribution < 1.29 is 8.78 Å². The van der Waals surface area contributed by atoms with Gasteiger partial charge in [-0.3, -0.25) is 4.68 Å². The van der Waals surface area contributed by atoms with Crippen LogP contribution in [0.15, 0.2) is 12.4 Å². The van der Waals surface area contributed by atoms with Gasteiger partial charge in [-0.15, -0.1) is 0 Å².